The predicted octanol–water partition coefficient (Wildman–Crippen LogP) is 3.76. The Hall–Kier alpha value is -1.81. The maximum absolute atomic E-state index is 11.9. The van der Waals surface area contributed by atoms with Crippen LogP contribution in [-0.4, -0.2) is 16.1 Å². The maximum Gasteiger partial charge on any atom is 0.225 e. The van der Waals surface area contributed by atoms with Gasteiger partial charge in [0.05, 0.1) is 0 Å². The van der Waals surface area contributed by atoms with Gasteiger partial charge in [-0.25, -0.2) is 0 Å². The van der Waals surface area contributed by atoms with E-state index in [2.05, 4.69) is 29.4 Å². The van der Waals surface area contributed by atoms with Crippen molar-refractivity contribution in [2.45, 2.75) is 32.6 Å². The van der Waals surface area contributed by atoms with Crippen molar-refractivity contribution in [2.75, 3.05) is 5.32 Å². The molecule has 2 rings (SSSR count). The lowest BCUT2D eigenvalue weighted by atomic mass is 10.1. The summed E-state index contributed by atoms with van der Waals surface area (Å²) in [4.78, 5) is 11.9. The fourth-order valence-electron chi connectivity index (χ4n) is 1.85. The number of halogens is 1. The number of H-pyrrole nitrogens is 1. The van der Waals surface area contributed by atoms with E-state index in [9.17, 15) is 4.79 Å². The number of hydrogen-bond acceptors (Lipinski definition) is 2. The second kappa shape index (κ2) is 6.57. The Kier molecular flexibility index (Phi) is 4.79. The van der Waals surface area contributed by atoms with E-state index in [4.69, 9.17) is 11.6 Å². The zero-order valence-electron chi connectivity index (χ0n) is 11.6. The van der Waals surface area contributed by atoms with Crippen LogP contribution in [0.2, 0.25) is 5.02 Å². The number of nitrogens with zero attached hydrogens (tertiary/aromatic N) is 1. The Morgan fingerprint density at radius 1 is 1.40 bits per heavy atom. The summed E-state index contributed by atoms with van der Waals surface area (Å²) < 4.78 is 0. The molecule has 0 bridgehead atoms. The summed E-state index contributed by atoms with van der Waals surface area (Å²) in [5.41, 5.74) is 1.99. The minimum Gasteiger partial charge on any atom is -0.309 e. The maximum atomic E-state index is 11.9. The van der Waals surface area contributed by atoms with Crippen LogP contribution < -0.4 is 5.32 Å². The summed E-state index contributed by atoms with van der Waals surface area (Å²) in [6.07, 6.45) is 1.00. The number of aromatic amines is 1. The number of amides is 1. The van der Waals surface area contributed by atoms with Crippen LogP contribution in [0, 0.1) is 0 Å². The van der Waals surface area contributed by atoms with Crippen LogP contribution in [0.15, 0.2) is 30.3 Å². The molecule has 5 heteroatoms. The zero-order valence-corrected chi connectivity index (χ0v) is 12.4. The van der Waals surface area contributed by atoms with Crippen LogP contribution in [0.1, 0.15) is 37.4 Å². The number of aromatic nitrogens is 2. The molecule has 0 fully saturated rings. The molecule has 0 unspecified atom stereocenters. The minimum absolute atomic E-state index is 0.0632. The van der Waals surface area contributed by atoms with Crippen molar-refractivity contribution in [1.82, 2.24) is 10.2 Å². The first-order chi connectivity index (χ1) is 9.56. The molecule has 0 radical (unpaired) electrons. The molecule has 0 spiro atoms. The Morgan fingerprint density at radius 2 is 2.15 bits per heavy atom. The van der Waals surface area contributed by atoms with Crippen LogP contribution in [-0.2, 0) is 11.2 Å². The Morgan fingerprint density at radius 3 is 2.80 bits per heavy atom. The topological polar surface area (TPSA) is 57.8 Å². The molecular formula is C15H18ClN3O. The number of benzene rings is 1. The summed E-state index contributed by atoms with van der Waals surface area (Å²) >= 11 is 6.06. The fourth-order valence-corrected chi connectivity index (χ4v) is 2.08. The highest BCUT2D eigenvalue weighted by Crippen LogP contribution is 2.18. The predicted molar refractivity (Wildman–Crippen MR) is 81.1 cm³/mol. The molecule has 106 valence electrons. The number of nitrogens with one attached hydrogen (secondary N) is 2. The molecule has 0 aliphatic heterocycles. The van der Waals surface area contributed by atoms with E-state index in [0.717, 1.165) is 11.3 Å². The van der Waals surface area contributed by atoms with E-state index in [0.29, 0.717) is 29.6 Å². The van der Waals surface area contributed by atoms with Crippen LogP contribution >= 0.6 is 11.6 Å². The van der Waals surface area contributed by atoms with Gasteiger partial charge in [-0.05, 0) is 24.0 Å². The van der Waals surface area contributed by atoms with Gasteiger partial charge < -0.3 is 5.32 Å². The molecule has 2 aromatic rings. The number of hydrogen-bond donors (Lipinski definition) is 2. The van der Waals surface area contributed by atoms with Gasteiger partial charge in [-0.15, -0.1) is 0 Å². The lowest BCUT2D eigenvalue weighted by Crippen LogP contribution is -2.12. The average Bonchev–Trinajstić information content (AvgIpc) is 2.86. The van der Waals surface area contributed by atoms with Gasteiger partial charge in [-0.3, -0.25) is 9.89 Å². The van der Waals surface area contributed by atoms with Gasteiger partial charge in [0.2, 0.25) is 5.91 Å². The number of aryl methyl sites for hydroxylation is 1. The van der Waals surface area contributed by atoms with Gasteiger partial charge >= 0.3 is 0 Å². The Balaban J connectivity index is 1.88. The highest BCUT2D eigenvalue weighted by molar-refractivity contribution is 6.31. The van der Waals surface area contributed by atoms with Gasteiger partial charge in [0.1, 0.15) is 0 Å². The summed E-state index contributed by atoms with van der Waals surface area (Å²) in [6.45, 7) is 4.13. The zero-order chi connectivity index (χ0) is 14.5. The normalized spacial score (nSPS) is 10.8. The lowest BCUT2D eigenvalue weighted by Gasteiger charge is -2.04. The van der Waals surface area contributed by atoms with Crippen molar-refractivity contribution >= 4 is 23.3 Å². The molecule has 0 aliphatic carbocycles. The first kappa shape index (κ1) is 14.6. The smallest absolute Gasteiger partial charge is 0.225 e. The third-order valence-corrected chi connectivity index (χ3v) is 3.44. The van der Waals surface area contributed by atoms with Gasteiger partial charge in [-0.1, -0.05) is 43.6 Å². The minimum atomic E-state index is -0.0632. The first-order valence-corrected chi connectivity index (χ1v) is 7.02. The molecule has 20 heavy (non-hydrogen) atoms. The van der Waals surface area contributed by atoms with E-state index in [1.807, 2.05) is 30.3 Å². The second-order valence-corrected chi connectivity index (χ2v) is 5.41. The summed E-state index contributed by atoms with van der Waals surface area (Å²) in [5.74, 6) is 0.862. The number of carbonyl (C=O) groups excluding carboxylic acids is 1. The van der Waals surface area contributed by atoms with Crippen molar-refractivity contribution in [2.24, 2.45) is 0 Å². The lowest BCUT2D eigenvalue weighted by molar-refractivity contribution is -0.116. The molecule has 0 aliphatic rings. The van der Waals surface area contributed by atoms with E-state index in [1.165, 1.54) is 0 Å². The quantitative estimate of drug-likeness (QED) is 0.881. The molecule has 1 aromatic carbocycles. The first-order valence-electron chi connectivity index (χ1n) is 6.65. The van der Waals surface area contributed by atoms with Crippen LogP contribution in [0.25, 0.3) is 0 Å². The average molecular weight is 292 g/mol. The van der Waals surface area contributed by atoms with E-state index >= 15 is 0 Å². The summed E-state index contributed by atoms with van der Waals surface area (Å²) in [5, 5.41) is 10.5. The largest absolute Gasteiger partial charge is 0.309 e. The molecule has 1 amide bonds. The van der Waals surface area contributed by atoms with Crippen molar-refractivity contribution in [3.05, 3.63) is 46.6 Å². The molecular weight excluding hydrogens is 274 g/mol. The highest BCUT2D eigenvalue weighted by Gasteiger charge is 2.09. The molecule has 4 nitrogen and oxygen atoms in total. The van der Waals surface area contributed by atoms with Crippen molar-refractivity contribution in [3.8, 4) is 0 Å². The van der Waals surface area contributed by atoms with Crippen LogP contribution in [0.3, 0.4) is 0 Å². The standard InChI is InChI=1S/C15H18ClN3O/c1-10(2)13-9-14(19-18-13)17-15(20)8-7-11-5-3-4-6-12(11)16/h3-6,9-10H,7-8H2,1-2H3,(H2,17,18,19,20). The van der Waals surface area contributed by atoms with Crippen LogP contribution in [0.5, 0.6) is 0 Å². The van der Waals surface area contributed by atoms with Gasteiger partial charge in [0.15, 0.2) is 5.82 Å². The van der Waals surface area contributed by atoms with Gasteiger partial charge in [-0.2, -0.15) is 5.10 Å². The molecule has 2 N–H and O–H groups in total. The van der Waals surface area contributed by atoms with E-state index in [-0.39, 0.29) is 5.91 Å². The third kappa shape index (κ3) is 3.84. The molecule has 0 atom stereocenters. The number of anilines is 1. The van der Waals surface area contributed by atoms with Crippen molar-refractivity contribution in [1.29, 1.82) is 0 Å². The molecule has 1 aromatic heterocycles. The van der Waals surface area contributed by atoms with Gasteiger partial charge in [0, 0.05) is 23.2 Å². The SMILES string of the molecule is CC(C)c1cc(NC(=O)CCc2ccccc2Cl)n[nH]1. The monoisotopic (exact) mass is 291 g/mol. The number of rotatable bonds is 5. The highest BCUT2D eigenvalue weighted by atomic mass is 35.5. The Labute approximate surface area is 123 Å². The van der Waals surface area contributed by atoms with E-state index < -0.39 is 0 Å². The Bertz CT molecular complexity index is 592. The summed E-state index contributed by atoms with van der Waals surface area (Å²) in [6, 6.07) is 9.42. The van der Waals surface area contributed by atoms with E-state index in [1.54, 1.807) is 0 Å². The molecule has 0 saturated carbocycles. The van der Waals surface area contributed by atoms with Gasteiger partial charge in [0.25, 0.3) is 0 Å². The number of carbonyl (C=O) groups is 1. The third-order valence-electron chi connectivity index (χ3n) is 3.07. The molecule has 1 heterocycles. The second-order valence-electron chi connectivity index (χ2n) is 5.00. The van der Waals surface area contributed by atoms with Crippen LogP contribution in [0.4, 0.5) is 5.82 Å². The summed E-state index contributed by atoms with van der Waals surface area (Å²) in [7, 11) is 0. The van der Waals surface area contributed by atoms with Crippen molar-refractivity contribution in [3.63, 3.8) is 0 Å². The van der Waals surface area contributed by atoms with Crippen molar-refractivity contribution < 1.29 is 4.79 Å². The fraction of sp³-hybridized carbons (Fsp3) is 0.333. The molecule has 0 saturated heterocycles.